The Morgan fingerprint density at radius 2 is 1.58 bits per heavy atom. The van der Waals surface area contributed by atoms with Crippen LogP contribution >= 0.6 is 0 Å². The molecule has 0 saturated heterocycles. The van der Waals surface area contributed by atoms with E-state index in [1.54, 1.807) is 0 Å². The molecule has 0 atom stereocenters. The molecule has 12 heavy (non-hydrogen) atoms. The molecule has 0 aromatic rings. The van der Waals surface area contributed by atoms with E-state index in [1.807, 2.05) is 0 Å². The lowest BCUT2D eigenvalue weighted by atomic mass is 10.2. The molecule has 0 heterocycles. The van der Waals surface area contributed by atoms with Gasteiger partial charge < -0.3 is 9.64 Å². The van der Waals surface area contributed by atoms with Gasteiger partial charge in [-0.2, -0.15) is 0 Å². The summed E-state index contributed by atoms with van der Waals surface area (Å²) in [6.07, 6.45) is 0. The molecule has 0 saturated carbocycles. The molecule has 0 spiro atoms. The maximum atomic E-state index is 5.62. The predicted octanol–water partition coefficient (Wildman–Crippen LogP) is 2.14. The second-order valence-electron chi connectivity index (χ2n) is 3.99. The highest BCUT2D eigenvalue weighted by molar-refractivity contribution is 4.60. The van der Waals surface area contributed by atoms with Crippen LogP contribution in [0, 0.1) is 0 Å². The maximum Gasteiger partial charge on any atom is 0.0600 e. The van der Waals surface area contributed by atoms with E-state index in [1.165, 1.54) is 0 Å². The molecule has 0 aliphatic rings. The smallest absolute Gasteiger partial charge is 0.0600 e. The van der Waals surface area contributed by atoms with E-state index in [0.29, 0.717) is 0 Å². The van der Waals surface area contributed by atoms with Crippen LogP contribution in [-0.4, -0.2) is 36.7 Å². The molecule has 0 bridgehead atoms. The van der Waals surface area contributed by atoms with Crippen molar-refractivity contribution in [1.29, 1.82) is 0 Å². The van der Waals surface area contributed by atoms with Crippen LogP contribution in [0.3, 0.4) is 0 Å². The summed E-state index contributed by atoms with van der Waals surface area (Å²) in [6.45, 7) is 14.8. The molecule has 0 aromatic carbocycles. The lowest BCUT2D eigenvalue weighted by molar-refractivity contribution is -0.0121. The highest BCUT2D eigenvalue weighted by Crippen LogP contribution is 2.05. The van der Waals surface area contributed by atoms with Gasteiger partial charge in [-0.15, -0.1) is 0 Å². The lowest BCUT2D eigenvalue weighted by Crippen LogP contribution is -2.30. The summed E-state index contributed by atoms with van der Waals surface area (Å²) in [6, 6.07) is 0. The minimum absolute atomic E-state index is 0.00710. The van der Waals surface area contributed by atoms with E-state index >= 15 is 0 Å². The topological polar surface area (TPSA) is 12.5 Å². The van der Waals surface area contributed by atoms with Crippen LogP contribution in [0.2, 0.25) is 0 Å². The summed E-state index contributed by atoms with van der Waals surface area (Å²) in [7, 11) is 0. The fraction of sp³-hybridized carbons (Fsp3) is 1.00. The number of rotatable bonds is 5. The molecule has 0 radical (unpaired) electrons. The highest BCUT2D eigenvalue weighted by atomic mass is 16.5. The quantitative estimate of drug-likeness (QED) is 0.631. The summed E-state index contributed by atoms with van der Waals surface area (Å²) in [5, 5.41) is 0. The third kappa shape index (κ3) is 6.62. The largest absolute Gasteiger partial charge is 0.375 e. The van der Waals surface area contributed by atoms with Gasteiger partial charge in [0, 0.05) is 6.54 Å². The fourth-order valence-corrected chi connectivity index (χ4v) is 1.02. The van der Waals surface area contributed by atoms with Gasteiger partial charge in [0.15, 0.2) is 0 Å². The third-order valence-electron chi connectivity index (χ3n) is 1.84. The van der Waals surface area contributed by atoms with Crippen molar-refractivity contribution in [2.24, 2.45) is 0 Å². The first-order valence-electron chi connectivity index (χ1n) is 4.86. The summed E-state index contributed by atoms with van der Waals surface area (Å²) in [5.41, 5.74) is 0.00710. The summed E-state index contributed by atoms with van der Waals surface area (Å²) >= 11 is 0. The van der Waals surface area contributed by atoms with E-state index in [0.717, 1.165) is 26.2 Å². The number of hydrogen-bond donors (Lipinski definition) is 0. The molecule has 2 nitrogen and oxygen atoms in total. The van der Waals surface area contributed by atoms with E-state index in [4.69, 9.17) is 4.74 Å². The van der Waals surface area contributed by atoms with Gasteiger partial charge in [0.05, 0.1) is 12.2 Å². The van der Waals surface area contributed by atoms with Crippen molar-refractivity contribution < 1.29 is 4.74 Å². The molecule has 0 fully saturated rings. The molecule has 74 valence electrons. The zero-order chi connectivity index (χ0) is 9.61. The van der Waals surface area contributed by atoms with Crippen LogP contribution in [0.1, 0.15) is 34.6 Å². The van der Waals surface area contributed by atoms with Crippen molar-refractivity contribution in [3.8, 4) is 0 Å². The Labute approximate surface area is 76.9 Å². The highest BCUT2D eigenvalue weighted by Gasteiger charge is 2.09. The first-order valence-corrected chi connectivity index (χ1v) is 4.86. The summed E-state index contributed by atoms with van der Waals surface area (Å²) in [4.78, 5) is 2.37. The Morgan fingerprint density at radius 3 is 1.92 bits per heavy atom. The Kier molecular flexibility index (Phi) is 5.51. The fourth-order valence-electron chi connectivity index (χ4n) is 1.02. The van der Waals surface area contributed by atoms with Crippen molar-refractivity contribution in [1.82, 2.24) is 4.90 Å². The van der Waals surface area contributed by atoms with Crippen LogP contribution in [0.5, 0.6) is 0 Å². The van der Waals surface area contributed by atoms with E-state index < -0.39 is 0 Å². The standard InChI is InChI=1S/C10H23NO/c1-6-11(7-2)8-9-12-10(3,4)5/h6-9H2,1-5H3. The third-order valence-corrected chi connectivity index (χ3v) is 1.84. The number of likely N-dealkylation sites (N-methyl/N-ethyl adjacent to an activating group) is 1. The molecule has 0 aliphatic heterocycles. The predicted molar refractivity (Wildman–Crippen MR) is 53.5 cm³/mol. The summed E-state index contributed by atoms with van der Waals surface area (Å²) in [5.74, 6) is 0. The van der Waals surface area contributed by atoms with Crippen molar-refractivity contribution in [3.05, 3.63) is 0 Å². The van der Waals surface area contributed by atoms with Crippen molar-refractivity contribution in [3.63, 3.8) is 0 Å². The molecule has 0 rings (SSSR count). The average Bonchev–Trinajstić information content (AvgIpc) is 1.96. The first-order chi connectivity index (χ1) is 5.49. The normalized spacial score (nSPS) is 12.5. The molecule has 0 aliphatic carbocycles. The van der Waals surface area contributed by atoms with Gasteiger partial charge in [0.25, 0.3) is 0 Å². The zero-order valence-electron chi connectivity index (χ0n) is 9.18. The maximum absolute atomic E-state index is 5.62. The number of hydrogen-bond acceptors (Lipinski definition) is 2. The second-order valence-corrected chi connectivity index (χ2v) is 3.99. The monoisotopic (exact) mass is 173 g/mol. The van der Waals surface area contributed by atoms with Crippen molar-refractivity contribution >= 4 is 0 Å². The lowest BCUT2D eigenvalue weighted by Gasteiger charge is -2.23. The first kappa shape index (κ1) is 11.9. The Morgan fingerprint density at radius 1 is 1.08 bits per heavy atom. The van der Waals surface area contributed by atoms with Gasteiger partial charge in [0.2, 0.25) is 0 Å². The van der Waals surface area contributed by atoms with Gasteiger partial charge in [-0.1, -0.05) is 13.8 Å². The molecule has 0 aromatic heterocycles. The zero-order valence-corrected chi connectivity index (χ0v) is 9.18. The van der Waals surface area contributed by atoms with Crippen LogP contribution in [0.4, 0.5) is 0 Å². The number of nitrogens with zero attached hydrogens (tertiary/aromatic N) is 1. The van der Waals surface area contributed by atoms with Crippen LogP contribution in [-0.2, 0) is 4.74 Å². The van der Waals surface area contributed by atoms with Gasteiger partial charge in [-0.3, -0.25) is 0 Å². The molecular formula is C10H23NO. The molecule has 0 unspecified atom stereocenters. The Bertz CT molecular complexity index is 103. The minimum Gasteiger partial charge on any atom is -0.375 e. The molecule has 2 heteroatoms. The number of ether oxygens (including phenoxy) is 1. The molecular weight excluding hydrogens is 150 g/mol. The molecule has 0 N–H and O–H groups in total. The summed E-state index contributed by atoms with van der Waals surface area (Å²) < 4.78 is 5.62. The Balaban J connectivity index is 3.41. The van der Waals surface area contributed by atoms with Gasteiger partial charge in [0.1, 0.15) is 0 Å². The SMILES string of the molecule is CCN(CC)CCOC(C)(C)C. The molecule has 0 amide bonds. The van der Waals surface area contributed by atoms with E-state index in [2.05, 4.69) is 39.5 Å². The van der Waals surface area contributed by atoms with E-state index in [-0.39, 0.29) is 5.60 Å². The van der Waals surface area contributed by atoms with E-state index in [9.17, 15) is 0 Å². The van der Waals surface area contributed by atoms with Gasteiger partial charge in [-0.05, 0) is 33.9 Å². The van der Waals surface area contributed by atoms with Crippen molar-refractivity contribution in [2.45, 2.75) is 40.2 Å². The Hall–Kier alpha value is -0.0800. The average molecular weight is 173 g/mol. The van der Waals surface area contributed by atoms with Gasteiger partial charge in [-0.25, -0.2) is 0 Å². The van der Waals surface area contributed by atoms with Crippen LogP contribution < -0.4 is 0 Å². The van der Waals surface area contributed by atoms with Crippen LogP contribution in [0.15, 0.2) is 0 Å². The second kappa shape index (κ2) is 5.55. The van der Waals surface area contributed by atoms with Crippen LogP contribution in [0.25, 0.3) is 0 Å². The van der Waals surface area contributed by atoms with Crippen molar-refractivity contribution in [2.75, 3.05) is 26.2 Å². The van der Waals surface area contributed by atoms with Gasteiger partial charge >= 0.3 is 0 Å². The minimum atomic E-state index is 0.00710.